The Morgan fingerprint density at radius 3 is 2.59 bits per heavy atom. The molecule has 0 atom stereocenters. The summed E-state index contributed by atoms with van der Waals surface area (Å²) in [5, 5.41) is 3.29. The Morgan fingerprint density at radius 2 is 1.91 bits per heavy atom. The van der Waals surface area contributed by atoms with Crippen LogP contribution in [0.4, 0.5) is 11.6 Å². The molecule has 1 aromatic carbocycles. The molecule has 1 amide bonds. The first-order valence-electron chi connectivity index (χ1n) is 6.88. The molecule has 0 spiro atoms. The highest BCUT2D eigenvalue weighted by atomic mass is 32.2. The van der Waals surface area contributed by atoms with Crippen LogP contribution >= 0.6 is 11.8 Å². The zero-order chi connectivity index (χ0) is 15.9. The van der Waals surface area contributed by atoms with Crippen molar-refractivity contribution in [3.05, 3.63) is 41.5 Å². The van der Waals surface area contributed by atoms with Crippen molar-refractivity contribution in [3.8, 4) is 0 Å². The molecule has 0 saturated heterocycles. The molecule has 5 N–H and O–H groups in total. The summed E-state index contributed by atoms with van der Waals surface area (Å²) < 4.78 is 0. The number of nitrogens with one attached hydrogen (secondary N) is 1. The average Bonchev–Trinajstić information content (AvgIpc) is 2.46. The van der Waals surface area contributed by atoms with Gasteiger partial charge in [-0.3, -0.25) is 4.79 Å². The standard InChI is InChI=1S/C15H19N5OS/c1-10-4-2-3-5-11(10)6-7-18-14(21)9-22-15-19-12(16)8-13(17)20-15/h2-5,8H,6-7,9H2,1H3,(H,18,21)(H4,16,17,19,20). The maximum atomic E-state index is 11.8. The number of aromatic nitrogens is 2. The lowest BCUT2D eigenvalue weighted by atomic mass is 10.1. The van der Waals surface area contributed by atoms with E-state index >= 15 is 0 Å². The molecule has 1 aromatic heterocycles. The first-order valence-corrected chi connectivity index (χ1v) is 7.87. The highest BCUT2D eigenvalue weighted by molar-refractivity contribution is 7.99. The van der Waals surface area contributed by atoms with Gasteiger partial charge in [0, 0.05) is 12.6 Å². The summed E-state index contributed by atoms with van der Waals surface area (Å²) in [6.07, 6.45) is 0.810. The van der Waals surface area contributed by atoms with Crippen molar-refractivity contribution in [2.75, 3.05) is 23.8 Å². The van der Waals surface area contributed by atoms with Gasteiger partial charge >= 0.3 is 0 Å². The zero-order valence-corrected chi connectivity index (χ0v) is 13.2. The molecule has 0 aliphatic carbocycles. The lowest BCUT2D eigenvalue weighted by molar-refractivity contribution is -0.118. The van der Waals surface area contributed by atoms with E-state index in [0.717, 1.165) is 6.42 Å². The number of aryl methyl sites for hydroxylation is 1. The third-order valence-electron chi connectivity index (χ3n) is 3.06. The summed E-state index contributed by atoms with van der Waals surface area (Å²) in [6, 6.07) is 9.62. The third kappa shape index (κ3) is 4.92. The number of nitrogens with two attached hydrogens (primary N) is 2. The monoisotopic (exact) mass is 317 g/mol. The molecule has 0 saturated carbocycles. The Labute approximate surface area is 133 Å². The highest BCUT2D eigenvalue weighted by Crippen LogP contribution is 2.15. The molecular formula is C15H19N5OS. The van der Waals surface area contributed by atoms with E-state index in [1.165, 1.54) is 29.0 Å². The summed E-state index contributed by atoms with van der Waals surface area (Å²) in [6.45, 7) is 2.67. The normalized spacial score (nSPS) is 10.4. The summed E-state index contributed by atoms with van der Waals surface area (Å²) in [5.74, 6) is 0.768. The second-order valence-corrected chi connectivity index (χ2v) is 5.76. The van der Waals surface area contributed by atoms with Crippen molar-refractivity contribution in [1.82, 2.24) is 15.3 Å². The van der Waals surface area contributed by atoms with Crippen molar-refractivity contribution >= 4 is 29.3 Å². The predicted octanol–water partition coefficient (Wildman–Crippen LogP) is 1.40. The molecule has 0 bridgehead atoms. The molecule has 2 aromatic rings. The van der Waals surface area contributed by atoms with Crippen LogP contribution in [0.15, 0.2) is 35.5 Å². The quantitative estimate of drug-likeness (QED) is 0.549. The number of hydrogen-bond donors (Lipinski definition) is 3. The van der Waals surface area contributed by atoms with Gasteiger partial charge in [-0.2, -0.15) is 0 Å². The zero-order valence-electron chi connectivity index (χ0n) is 12.4. The van der Waals surface area contributed by atoms with E-state index in [1.54, 1.807) is 0 Å². The topological polar surface area (TPSA) is 107 Å². The smallest absolute Gasteiger partial charge is 0.230 e. The number of amides is 1. The number of nitrogen functional groups attached to an aromatic ring is 2. The van der Waals surface area contributed by atoms with Gasteiger partial charge in [0.25, 0.3) is 0 Å². The van der Waals surface area contributed by atoms with Gasteiger partial charge in [-0.25, -0.2) is 9.97 Å². The number of benzene rings is 1. The van der Waals surface area contributed by atoms with Crippen LogP contribution in [-0.2, 0) is 11.2 Å². The molecule has 22 heavy (non-hydrogen) atoms. The molecule has 0 fully saturated rings. The molecule has 116 valence electrons. The second kappa shape index (κ2) is 7.65. The number of thioether (sulfide) groups is 1. The molecule has 0 radical (unpaired) electrons. The van der Waals surface area contributed by atoms with Crippen molar-refractivity contribution in [3.63, 3.8) is 0 Å². The summed E-state index contributed by atoms with van der Waals surface area (Å²) in [7, 11) is 0. The van der Waals surface area contributed by atoms with Crippen LogP contribution in [0.1, 0.15) is 11.1 Å². The van der Waals surface area contributed by atoms with Crippen molar-refractivity contribution < 1.29 is 4.79 Å². The molecule has 0 aliphatic heterocycles. The second-order valence-electron chi connectivity index (χ2n) is 4.82. The van der Waals surface area contributed by atoms with E-state index in [9.17, 15) is 4.79 Å². The van der Waals surface area contributed by atoms with Crippen LogP contribution in [0.25, 0.3) is 0 Å². The predicted molar refractivity (Wildman–Crippen MR) is 89.5 cm³/mol. The Bertz CT molecular complexity index is 642. The fourth-order valence-electron chi connectivity index (χ4n) is 1.93. The lowest BCUT2D eigenvalue weighted by Gasteiger charge is -2.07. The average molecular weight is 317 g/mol. The van der Waals surface area contributed by atoms with Gasteiger partial charge in [-0.05, 0) is 24.5 Å². The first-order chi connectivity index (χ1) is 10.5. The Kier molecular flexibility index (Phi) is 5.60. The van der Waals surface area contributed by atoms with Crippen LogP contribution < -0.4 is 16.8 Å². The highest BCUT2D eigenvalue weighted by Gasteiger charge is 2.06. The lowest BCUT2D eigenvalue weighted by Crippen LogP contribution is -2.27. The van der Waals surface area contributed by atoms with E-state index in [1.807, 2.05) is 12.1 Å². The van der Waals surface area contributed by atoms with E-state index in [0.29, 0.717) is 23.3 Å². The van der Waals surface area contributed by atoms with E-state index in [-0.39, 0.29) is 11.7 Å². The number of hydrogen-bond acceptors (Lipinski definition) is 6. The Balaban J connectivity index is 1.75. The van der Waals surface area contributed by atoms with Crippen LogP contribution in [0.2, 0.25) is 0 Å². The van der Waals surface area contributed by atoms with Gasteiger partial charge in [0.1, 0.15) is 11.6 Å². The molecule has 0 unspecified atom stereocenters. The van der Waals surface area contributed by atoms with Gasteiger partial charge in [-0.1, -0.05) is 36.0 Å². The summed E-state index contributed by atoms with van der Waals surface area (Å²) >= 11 is 1.21. The molecule has 2 rings (SSSR count). The van der Waals surface area contributed by atoms with E-state index in [4.69, 9.17) is 11.5 Å². The maximum absolute atomic E-state index is 11.8. The number of rotatable bonds is 6. The van der Waals surface area contributed by atoms with Crippen LogP contribution in [0, 0.1) is 6.92 Å². The Morgan fingerprint density at radius 1 is 1.23 bits per heavy atom. The van der Waals surface area contributed by atoms with Crippen LogP contribution in [-0.4, -0.2) is 28.2 Å². The van der Waals surface area contributed by atoms with Gasteiger partial charge in [0.05, 0.1) is 5.75 Å². The van der Waals surface area contributed by atoms with E-state index < -0.39 is 0 Å². The molecular weight excluding hydrogens is 298 g/mol. The van der Waals surface area contributed by atoms with Gasteiger partial charge in [0.2, 0.25) is 5.91 Å². The summed E-state index contributed by atoms with van der Waals surface area (Å²) in [4.78, 5) is 19.8. The molecule has 7 heteroatoms. The molecule has 6 nitrogen and oxygen atoms in total. The Hall–Kier alpha value is -2.28. The fourth-order valence-corrected chi connectivity index (χ4v) is 2.64. The first kappa shape index (κ1) is 16.1. The van der Waals surface area contributed by atoms with Gasteiger partial charge in [0.15, 0.2) is 5.16 Å². The summed E-state index contributed by atoms with van der Waals surface area (Å²) in [5.41, 5.74) is 13.6. The van der Waals surface area contributed by atoms with E-state index in [2.05, 4.69) is 34.3 Å². The van der Waals surface area contributed by atoms with Crippen molar-refractivity contribution in [1.29, 1.82) is 0 Å². The minimum atomic E-state index is -0.0665. The number of anilines is 2. The number of carbonyl (C=O) groups excluding carboxylic acids is 1. The van der Waals surface area contributed by atoms with Gasteiger partial charge in [-0.15, -0.1) is 0 Å². The minimum Gasteiger partial charge on any atom is -0.383 e. The van der Waals surface area contributed by atoms with Crippen molar-refractivity contribution in [2.24, 2.45) is 0 Å². The maximum Gasteiger partial charge on any atom is 0.230 e. The third-order valence-corrected chi connectivity index (χ3v) is 3.90. The number of nitrogens with zero attached hydrogens (tertiary/aromatic N) is 2. The van der Waals surface area contributed by atoms with Crippen LogP contribution in [0.3, 0.4) is 0 Å². The minimum absolute atomic E-state index is 0.0665. The fraction of sp³-hybridized carbons (Fsp3) is 0.267. The molecule has 1 heterocycles. The largest absolute Gasteiger partial charge is 0.383 e. The number of carbonyl (C=O) groups is 1. The molecule has 0 aliphatic rings. The van der Waals surface area contributed by atoms with Gasteiger partial charge < -0.3 is 16.8 Å². The SMILES string of the molecule is Cc1ccccc1CCNC(=O)CSc1nc(N)cc(N)n1. The van der Waals surface area contributed by atoms with Crippen molar-refractivity contribution in [2.45, 2.75) is 18.5 Å². The van der Waals surface area contributed by atoms with Crippen LogP contribution in [0.5, 0.6) is 0 Å².